The van der Waals surface area contributed by atoms with Crippen LogP contribution in [0.5, 0.6) is 5.75 Å². The van der Waals surface area contributed by atoms with Crippen molar-refractivity contribution < 1.29 is 50.2 Å². The average molecular weight is 816 g/mol. The molecule has 1 saturated heterocycles. The second-order valence-corrected chi connectivity index (χ2v) is 20.5. The Morgan fingerprint density at radius 1 is 1.07 bits per heavy atom. The minimum absolute atomic E-state index is 0.0326. The lowest BCUT2D eigenvalue weighted by molar-refractivity contribution is -0.159. The van der Waals surface area contributed by atoms with Gasteiger partial charge >= 0.3 is 12.1 Å². The molecule has 15 heteroatoms. The normalized spacial score (nSPS) is 29.6. The van der Waals surface area contributed by atoms with E-state index in [0.29, 0.717) is 60.0 Å². The lowest BCUT2D eigenvalue weighted by Crippen LogP contribution is -2.48. The fourth-order valence-electron chi connectivity index (χ4n) is 8.92. The van der Waals surface area contributed by atoms with Crippen molar-refractivity contribution in [2.24, 2.45) is 17.3 Å². The predicted molar refractivity (Wildman–Crippen MR) is 204 cm³/mol. The number of Topliss-reactive ketones (excluding diaryl/α,β-unsaturated/α-hetero) is 1. The second-order valence-electron chi connectivity index (χ2n) is 18.3. The van der Waals surface area contributed by atoms with E-state index in [9.17, 15) is 40.8 Å². The summed E-state index contributed by atoms with van der Waals surface area (Å²) in [5.41, 5.74) is -2.65. The number of benzene rings is 1. The fraction of sp³-hybridized carbons (Fsp3) is 0.643. The number of nitrogens with zero attached hydrogens (tertiary/aromatic N) is 2. The minimum atomic E-state index is -4.57. The largest absolute Gasteiger partial charge is 0.483 e. The Balaban J connectivity index is 1.24. The molecule has 2 aromatic rings. The zero-order chi connectivity index (χ0) is 41.3. The third-order valence-electron chi connectivity index (χ3n) is 12.6. The SMILES string of the molecule is Cc1nc2ccc(C(F)(F)F)cc2c2c1O[C@]1(CC2)C[C@H]2C(=O)C[C@]3(C(=O)NS(=O)(=O)C4(C)CC4)C[C@H]3/C=C\CCCCC[C@H](CC(=O)OC(C)(C)C)C(=O)N2C1. The van der Waals surface area contributed by atoms with Gasteiger partial charge in [-0.1, -0.05) is 25.0 Å². The van der Waals surface area contributed by atoms with Crippen LogP contribution in [0.3, 0.4) is 0 Å². The average Bonchev–Trinajstić information content (AvgIpc) is 4.00. The van der Waals surface area contributed by atoms with Gasteiger partial charge in [0.1, 0.15) is 17.0 Å². The standard InChI is InChI=1S/C42H52F3N3O8S/c1-25-35-29(30-20-27(42(43,44)45)13-14-31(30)46-25)15-16-40(56-35)22-32-33(49)23-41(37(52)47-57(53,54)39(5)17-18-39)21-28(41)12-10-8-6-7-9-11-26(36(51)48(32)24-40)19-34(50)55-38(2,3)4/h10,12-14,20,26,28,32H,6-9,11,15-19,21-24H2,1-5H3,(H,47,52)/b12-10-/t26-,28-,32+,40-,41-/m1/s1. The molecule has 1 spiro atoms. The van der Waals surface area contributed by atoms with Crippen LogP contribution < -0.4 is 9.46 Å². The minimum Gasteiger partial charge on any atom is -0.483 e. The summed E-state index contributed by atoms with van der Waals surface area (Å²) in [5, 5.41) is 0.313. The zero-order valence-electron chi connectivity index (χ0n) is 33.2. The summed E-state index contributed by atoms with van der Waals surface area (Å²) in [6.07, 6.45) is 3.74. The van der Waals surface area contributed by atoms with E-state index in [1.807, 2.05) is 12.2 Å². The van der Waals surface area contributed by atoms with Gasteiger partial charge in [-0.3, -0.25) is 23.9 Å². The first-order chi connectivity index (χ1) is 26.6. The highest BCUT2D eigenvalue weighted by Gasteiger charge is 2.63. The number of pyridine rings is 1. The summed E-state index contributed by atoms with van der Waals surface area (Å²) in [7, 11) is -4.00. The van der Waals surface area contributed by atoms with Crippen LogP contribution in [0.1, 0.15) is 122 Å². The number of alkyl halides is 3. The summed E-state index contributed by atoms with van der Waals surface area (Å²) in [6, 6.07) is 2.33. The van der Waals surface area contributed by atoms with Gasteiger partial charge < -0.3 is 14.4 Å². The molecule has 2 aliphatic carbocycles. The molecule has 1 aromatic carbocycles. The van der Waals surface area contributed by atoms with Crippen LogP contribution in [-0.4, -0.2) is 70.4 Å². The third-order valence-corrected chi connectivity index (χ3v) is 14.8. The summed E-state index contributed by atoms with van der Waals surface area (Å²) in [4.78, 5) is 62.8. The van der Waals surface area contributed by atoms with Gasteiger partial charge in [0.05, 0.1) is 45.9 Å². The van der Waals surface area contributed by atoms with Crippen LogP contribution in [-0.2, 0) is 46.5 Å². The molecule has 7 rings (SSSR count). The fourth-order valence-corrected chi connectivity index (χ4v) is 10.3. The number of esters is 1. The molecule has 3 fully saturated rings. The molecule has 5 atom stereocenters. The maximum absolute atomic E-state index is 14.8. The van der Waals surface area contributed by atoms with Crippen molar-refractivity contribution in [2.75, 3.05) is 6.54 Å². The number of aromatic nitrogens is 1. The van der Waals surface area contributed by atoms with Crippen molar-refractivity contribution in [3.8, 4) is 5.75 Å². The molecule has 4 heterocycles. The van der Waals surface area contributed by atoms with Crippen LogP contribution in [0.25, 0.3) is 10.9 Å². The summed E-state index contributed by atoms with van der Waals surface area (Å²) in [5.74, 6) is -3.01. The lowest BCUT2D eigenvalue weighted by atomic mass is 9.85. The van der Waals surface area contributed by atoms with Crippen molar-refractivity contribution in [3.63, 3.8) is 0 Å². The first-order valence-corrected chi connectivity index (χ1v) is 21.5. The molecule has 310 valence electrons. The number of rotatable bonds is 5. The van der Waals surface area contributed by atoms with Crippen molar-refractivity contribution in [2.45, 2.75) is 146 Å². The molecule has 0 bridgehead atoms. The molecule has 1 aromatic heterocycles. The van der Waals surface area contributed by atoms with E-state index < -0.39 is 78.7 Å². The summed E-state index contributed by atoms with van der Waals surface area (Å²) >= 11 is 0. The van der Waals surface area contributed by atoms with E-state index in [2.05, 4.69) is 9.71 Å². The summed E-state index contributed by atoms with van der Waals surface area (Å²) < 4.78 is 81.4. The number of carbonyl (C=O) groups excluding carboxylic acids is 4. The van der Waals surface area contributed by atoms with E-state index in [0.717, 1.165) is 25.0 Å². The smallest absolute Gasteiger partial charge is 0.416 e. The van der Waals surface area contributed by atoms with E-state index in [1.54, 1.807) is 34.6 Å². The number of hydrogen-bond acceptors (Lipinski definition) is 9. The van der Waals surface area contributed by atoms with Crippen molar-refractivity contribution >= 4 is 44.5 Å². The number of ether oxygens (including phenoxy) is 2. The highest BCUT2D eigenvalue weighted by atomic mass is 32.2. The number of hydrogen-bond donors (Lipinski definition) is 1. The zero-order valence-corrected chi connectivity index (χ0v) is 34.0. The second kappa shape index (κ2) is 14.4. The molecule has 1 N–H and O–H groups in total. The molecule has 2 saturated carbocycles. The maximum Gasteiger partial charge on any atom is 0.416 e. The van der Waals surface area contributed by atoms with Gasteiger partial charge in [0.25, 0.3) is 0 Å². The van der Waals surface area contributed by atoms with E-state index in [-0.39, 0.29) is 51.0 Å². The van der Waals surface area contributed by atoms with Gasteiger partial charge in [0, 0.05) is 29.7 Å². The molecule has 5 aliphatic rings. The Bertz CT molecular complexity index is 2140. The van der Waals surface area contributed by atoms with Gasteiger partial charge in [-0.05, 0) is 110 Å². The van der Waals surface area contributed by atoms with Gasteiger partial charge in [-0.2, -0.15) is 13.2 Å². The molecule has 2 amide bonds. The molecule has 0 unspecified atom stereocenters. The van der Waals surface area contributed by atoms with E-state index in [1.165, 1.54) is 11.0 Å². The first kappa shape index (κ1) is 41.2. The number of sulfonamides is 1. The van der Waals surface area contributed by atoms with Crippen LogP contribution in [0.4, 0.5) is 13.2 Å². The number of fused-ring (bicyclic) bond motifs is 5. The quantitative estimate of drug-likeness (QED) is 0.247. The lowest BCUT2D eigenvalue weighted by Gasteiger charge is -2.37. The number of halogens is 3. The Morgan fingerprint density at radius 3 is 2.49 bits per heavy atom. The predicted octanol–water partition coefficient (Wildman–Crippen LogP) is 7.06. The monoisotopic (exact) mass is 815 g/mol. The number of aryl methyl sites for hydroxylation is 2. The van der Waals surface area contributed by atoms with Crippen molar-refractivity contribution in [1.29, 1.82) is 0 Å². The third kappa shape index (κ3) is 8.18. The first-order valence-electron chi connectivity index (χ1n) is 20.0. The van der Waals surface area contributed by atoms with Crippen LogP contribution in [0.15, 0.2) is 30.4 Å². The van der Waals surface area contributed by atoms with Crippen LogP contribution in [0.2, 0.25) is 0 Å². The van der Waals surface area contributed by atoms with Crippen molar-refractivity contribution in [3.05, 3.63) is 47.2 Å². The van der Waals surface area contributed by atoms with E-state index >= 15 is 0 Å². The molecule has 0 radical (unpaired) electrons. The van der Waals surface area contributed by atoms with Crippen LogP contribution >= 0.6 is 0 Å². The number of amides is 2. The molecular formula is C42H52F3N3O8S. The van der Waals surface area contributed by atoms with Gasteiger partial charge in [0.15, 0.2) is 5.78 Å². The number of nitrogens with one attached hydrogen (secondary N) is 1. The number of carbonyl (C=O) groups is 4. The van der Waals surface area contributed by atoms with Crippen LogP contribution in [0, 0.1) is 24.2 Å². The maximum atomic E-state index is 14.8. The topological polar surface area (TPSA) is 149 Å². The Kier molecular flexibility index (Phi) is 10.4. The molecule has 57 heavy (non-hydrogen) atoms. The van der Waals surface area contributed by atoms with E-state index in [4.69, 9.17) is 9.47 Å². The van der Waals surface area contributed by atoms with Crippen molar-refractivity contribution in [1.82, 2.24) is 14.6 Å². The Hall–Kier alpha value is -4.01. The number of ketones is 1. The highest BCUT2D eigenvalue weighted by molar-refractivity contribution is 7.91. The molecule has 3 aliphatic heterocycles. The van der Waals surface area contributed by atoms with Gasteiger partial charge in [0.2, 0.25) is 21.8 Å². The summed E-state index contributed by atoms with van der Waals surface area (Å²) in [6.45, 7) is 8.47. The molecular weight excluding hydrogens is 764 g/mol. The Labute approximate surface area is 331 Å². The molecule has 11 nitrogen and oxygen atoms in total. The Morgan fingerprint density at radius 2 is 1.81 bits per heavy atom. The van der Waals surface area contributed by atoms with Gasteiger partial charge in [-0.25, -0.2) is 13.4 Å². The van der Waals surface area contributed by atoms with Gasteiger partial charge in [-0.15, -0.1) is 0 Å². The highest BCUT2D eigenvalue weighted by Crippen LogP contribution is 2.58. The number of allylic oxidation sites excluding steroid dienone is 2.